The predicted molar refractivity (Wildman–Crippen MR) is 241 cm³/mol. The molecule has 5 aromatic rings. The van der Waals surface area contributed by atoms with Gasteiger partial charge in [-0.25, -0.2) is 22.5 Å². The number of halogens is 4. The molecule has 7 heterocycles. The lowest BCUT2D eigenvalue weighted by Crippen LogP contribution is -2.52. The topological polar surface area (TPSA) is 168 Å². The van der Waals surface area contributed by atoms with Crippen molar-refractivity contribution >= 4 is 56.1 Å². The van der Waals surface area contributed by atoms with Crippen molar-refractivity contribution < 1.29 is 45.2 Å². The third-order valence-electron chi connectivity index (χ3n) is 14.1. The summed E-state index contributed by atoms with van der Waals surface area (Å²) < 4.78 is 88.6. The number of aromatic nitrogens is 2. The highest BCUT2D eigenvalue weighted by Crippen LogP contribution is 2.37. The van der Waals surface area contributed by atoms with Crippen molar-refractivity contribution in [3.05, 3.63) is 112 Å². The molecule has 0 spiro atoms. The van der Waals surface area contributed by atoms with Crippen LogP contribution in [0.2, 0.25) is 0 Å². The van der Waals surface area contributed by atoms with Gasteiger partial charge in [0.1, 0.15) is 29.5 Å². The number of nitrogens with zero attached hydrogens (tertiary/aromatic N) is 5. The van der Waals surface area contributed by atoms with E-state index in [0.717, 1.165) is 91.7 Å². The van der Waals surface area contributed by atoms with Gasteiger partial charge in [-0.2, -0.15) is 12.7 Å². The Bertz CT molecular complexity index is 2920. The van der Waals surface area contributed by atoms with Crippen molar-refractivity contribution in [1.29, 1.82) is 0 Å². The molecule has 0 aliphatic carbocycles. The van der Waals surface area contributed by atoms with E-state index in [9.17, 15) is 32.0 Å². The van der Waals surface area contributed by atoms with E-state index in [1.807, 2.05) is 35.1 Å². The summed E-state index contributed by atoms with van der Waals surface area (Å²) in [5, 5.41) is 2.63. The van der Waals surface area contributed by atoms with Gasteiger partial charge < -0.3 is 19.7 Å². The molecule has 5 aliphatic rings. The number of fused-ring (bicyclic) bond motifs is 2. The molecule has 19 heteroatoms. The van der Waals surface area contributed by atoms with Crippen LogP contribution in [0, 0.1) is 23.4 Å². The fourth-order valence-corrected chi connectivity index (χ4v) is 11.7. The van der Waals surface area contributed by atoms with Crippen molar-refractivity contribution in [1.82, 2.24) is 29.4 Å². The molecule has 0 saturated carbocycles. The van der Waals surface area contributed by atoms with E-state index >= 15 is 13.2 Å². The Morgan fingerprint density at radius 2 is 1.61 bits per heavy atom. The van der Waals surface area contributed by atoms with Gasteiger partial charge in [0.15, 0.2) is 5.82 Å². The minimum atomic E-state index is -4.36. The molecule has 0 radical (unpaired) electrons. The Balaban J connectivity index is 0.735. The number of pyridine rings is 1. The van der Waals surface area contributed by atoms with Crippen LogP contribution in [-0.2, 0) is 26.3 Å². The first-order valence-corrected chi connectivity index (χ1v) is 24.1. The van der Waals surface area contributed by atoms with Crippen molar-refractivity contribution in [2.45, 2.75) is 69.6 Å². The van der Waals surface area contributed by atoms with Crippen LogP contribution in [0.4, 0.5) is 28.9 Å². The number of H-pyrrole nitrogens is 1. The van der Waals surface area contributed by atoms with Crippen LogP contribution in [0.15, 0.2) is 67.0 Å². The van der Waals surface area contributed by atoms with Crippen LogP contribution in [-0.4, -0.2) is 114 Å². The fraction of sp³-hybridized carbons (Fsp3) is 0.396. The van der Waals surface area contributed by atoms with Gasteiger partial charge in [-0.1, -0.05) is 18.2 Å². The Morgan fingerprint density at radius 1 is 0.851 bits per heavy atom. The average Bonchev–Trinajstić information content (AvgIpc) is 4.04. The number of aromatic amines is 1. The molecule has 3 amide bonds. The highest BCUT2D eigenvalue weighted by molar-refractivity contribution is 7.90. The lowest BCUT2D eigenvalue weighted by Gasteiger charge is -2.38. The quantitative estimate of drug-likeness (QED) is 0.0768. The number of alkyl halides is 1. The van der Waals surface area contributed by atoms with E-state index in [0.29, 0.717) is 28.1 Å². The number of hydrogen-bond acceptors (Lipinski definition) is 9. The summed E-state index contributed by atoms with van der Waals surface area (Å²) in [6.07, 6.45) is 5.63. The first kappa shape index (κ1) is 44.6. The van der Waals surface area contributed by atoms with E-state index in [2.05, 4.69) is 25.1 Å². The molecule has 2 aromatic heterocycles. The molecule has 3 aromatic carbocycles. The zero-order valence-corrected chi connectivity index (χ0v) is 37.2. The maximum absolute atomic E-state index is 15.8. The van der Waals surface area contributed by atoms with E-state index in [1.54, 1.807) is 12.3 Å². The van der Waals surface area contributed by atoms with Gasteiger partial charge in [-0.05, 0) is 117 Å². The molecule has 3 N–H and O–H groups in total. The van der Waals surface area contributed by atoms with Crippen LogP contribution in [0.1, 0.15) is 88.3 Å². The number of piperidine rings is 3. The summed E-state index contributed by atoms with van der Waals surface area (Å²) in [6.45, 7) is 4.13. The highest BCUT2D eigenvalue weighted by atomic mass is 32.2. The number of nitrogens with one attached hydrogen (secondary N) is 3. The van der Waals surface area contributed by atoms with Crippen molar-refractivity contribution in [2.24, 2.45) is 5.92 Å². The summed E-state index contributed by atoms with van der Waals surface area (Å²) >= 11 is 0. The maximum Gasteiger partial charge on any atom is 0.301 e. The van der Waals surface area contributed by atoms with Crippen LogP contribution in [0.5, 0.6) is 0 Å². The number of carbonyl (C=O) groups excluding carboxylic acids is 4. The molecule has 67 heavy (non-hydrogen) atoms. The maximum atomic E-state index is 15.8. The molecule has 14 nitrogen and oxygen atoms in total. The van der Waals surface area contributed by atoms with Crippen LogP contribution >= 0.6 is 0 Å². The molecule has 5 aliphatic heterocycles. The number of ketones is 1. The monoisotopic (exact) mass is 940 g/mol. The zero-order chi connectivity index (χ0) is 46.7. The smallest absolute Gasteiger partial charge is 0.301 e. The van der Waals surface area contributed by atoms with E-state index in [1.165, 1.54) is 17.2 Å². The molecule has 2 atom stereocenters. The summed E-state index contributed by atoms with van der Waals surface area (Å²) in [5.41, 5.74) is 2.84. The Labute approximate surface area is 383 Å². The van der Waals surface area contributed by atoms with E-state index in [-0.39, 0.29) is 61.2 Å². The molecule has 350 valence electrons. The summed E-state index contributed by atoms with van der Waals surface area (Å²) in [7, 11) is -4.36. The summed E-state index contributed by atoms with van der Waals surface area (Å²) in [4.78, 5) is 64.6. The number of hydrogen-bond donors (Lipinski definition) is 3. The van der Waals surface area contributed by atoms with Crippen LogP contribution < -0.4 is 14.9 Å². The largest absolute Gasteiger partial charge is 0.372 e. The van der Waals surface area contributed by atoms with Crippen LogP contribution in [0.3, 0.4) is 0 Å². The number of benzene rings is 3. The number of carbonyl (C=O) groups is 4. The van der Waals surface area contributed by atoms with Crippen molar-refractivity contribution in [3.63, 3.8) is 0 Å². The van der Waals surface area contributed by atoms with Gasteiger partial charge in [0, 0.05) is 85.8 Å². The first-order chi connectivity index (χ1) is 32.2. The lowest BCUT2D eigenvalue weighted by molar-refractivity contribution is -0.136. The normalized spacial score (nSPS) is 21.3. The number of rotatable bonds is 11. The second-order valence-electron chi connectivity index (χ2n) is 18.3. The van der Waals surface area contributed by atoms with Gasteiger partial charge in [-0.3, -0.25) is 29.2 Å². The third-order valence-corrected chi connectivity index (χ3v) is 15.6. The van der Waals surface area contributed by atoms with Gasteiger partial charge >= 0.3 is 10.2 Å². The van der Waals surface area contributed by atoms with E-state index in [4.69, 9.17) is 0 Å². The van der Waals surface area contributed by atoms with E-state index < -0.39 is 69.4 Å². The fourth-order valence-electron chi connectivity index (χ4n) is 10.4. The zero-order valence-electron chi connectivity index (χ0n) is 36.4. The van der Waals surface area contributed by atoms with Crippen molar-refractivity contribution in [3.8, 4) is 11.1 Å². The second-order valence-corrected chi connectivity index (χ2v) is 19.9. The molecular formula is C48H48F4N8O6S. The molecule has 10 rings (SSSR count). The summed E-state index contributed by atoms with van der Waals surface area (Å²) in [6, 6.07) is 13.8. The molecule has 1 unspecified atom stereocenters. The average molecular weight is 941 g/mol. The summed E-state index contributed by atoms with van der Waals surface area (Å²) in [5.74, 6) is -4.65. The Morgan fingerprint density at radius 3 is 2.33 bits per heavy atom. The number of amides is 3. The van der Waals surface area contributed by atoms with Crippen LogP contribution in [0.25, 0.3) is 22.2 Å². The molecule has 4 saturated heterocycles. The van der Waals surface area contributed by atoms with Gasteiger partial charge in [0.25, 0.3) is 5.91 Å². The number of anilines is 2. The third kappa shape index (κ3) is 8.68. The minimum absolute atomic E-state index is 0.00263. The lowest BCUT2D eigenvalue weighted by atomic mass is 9.86. The second kappa shape index (κ2) is 17.8. The standard InChI is InChI=1S/C48H48F4N8O6S/c49-32-13-18-59(26-32)67(65,66)56-40-6-5-38(50)43(44(40)52)45(62)37-23-54-46-36(37)19-30(22-53-46)28-1-3-33(4-2-28)58-16-9-27(10-17-58)24-57-14-11-29(12-15-57)34-20-31-25-60(48(64)35(31)21-39(34)51)41-7-8-42(61)55-47(41)63/h1-6,19-23,27,29,32,41,56H,7-18,24-26H2,(H,53,54)(H,55,61,63)/t32-,41?/m1/s1. The molecular weight excluding hydrogens is 893 g/mol. The SMILES string of the molecule is O=C1CCC(N2Cc3cc(C4CCN(CC5CCN(c6ccc(-c7cnc8[nH]cc(C(=O)c9c(F)ccc(NS(=O)(=O)N%10CC[C@@H](F)C%10)c9F)c8c7)cc6)CC5)CC4)c(F)cc3C2=O)C(=O)N1. The van der Waals surface area contributed by atoms with Gasteiger partial charge in [-0.15, -0.1) is 0 Å². The van der Waals surface area contributed by atoms with Gasteiger partial charge in [0.2, 0.25) is 17.6 Å². The van der Waals surface area contributed by atoms with Gasteiger partial charge in [0.05, 0.1) is 11.3 Å². The van der Waals surface area contributed by atoms with Crippen molar-refractivity contribution in [2.75, 3.05) is 55.4 Å². The molecule has 0 bridgehead atoms. The highest BCUT2D eigenvalue weighted by Gasteiger charge is 2.40. The number of likely N-dealkylation sites (tertiary alicyclic amines) is 1. The Hall–Kier alpha value is -6.18. The first-order valence-electron chi connectivity index (χ1n) is 22.7. The minimum Gasteiger partial charge on any atom is -0.372 e. The molecule has 4 fully saturated rings. The predicted octanol–water partition coefficient (Wildman–Crippen LogP) is 6.44. The number of imide groups is 1. The Kier molecular flexibility index (Phi) is 11.9.